The average molecular weight is 287 g/mol. The molecule has 0 saturated heterocycles. The molecule has 0 fully saturated rings. The minimum absolute atomic E-state index is 0.359. The molecule has 1 heterocycles. The SMILES string of the molecule is COc1ncc(-c2ccc(-c3ccc(C#N)cc3)cc2)cn1. The van der Waals surface area contributed by atoms with Crippen LogP contribution in [0.1, 0.15) is 5.56 Å². The maximum atomic E-state index is 8.83. The Hall–Kier alpha value is -3.19. The van der Waals surface area contributed by atoms with E-state index in [9.17, 15) is 0 Å². The third-order valence-electron chi connectivity index (χ3n) is 3.38. The highest BCUT2D eigenvalue weighted by atomic mass is 16.5. The molecule has 4 heteroatoms. The van der Waals surface area contributed by atoms with Gasteiger partial charge in [0.15, 0.2) is 0 Å². The van der Waals surface area contributed by atoms with Crippen LogP contribution in [-0.4, -0.2) is 17.1 Å². The standard InChI is InChI=1S/C18H13N3O/c1-22-18-20-11-17(12-21-18)16-8-6-15(7-9-16)14-4-2-13(10-19)3-5-14/h2-9,11-12H,1H3. The zero-order valence-electron chi connectivity index (χ0n) is 12.0. The van der Waals surface area contributed by atoms with Crippen LogP contribution < -0.4 is 4.74 Å². The molecule has 0 radical (unpaired) electrons. The van der Waals surface area contributed by atoms with E-state index in [4.69, 9.17) is 10.00 Å². The van der Waals surface area contributed by atoms with Crippen LogP contribution in [-0.2, 0) is 0 Å². The van der Waals surface area contributed by atoms with Crippen molar-refractivity contribution >= 4 is 0 Å². The lowest BCUT2D eigenvalue weighted by Gasteiger charge is -2.05. The molecule has 0 aliphatic heterocycles. The molecule has 106 valence electrons. The van der Waals surface area contributed by atoms with Crippen molar-refractivity contribution in [1.29, 1.82) is 5.26 Å². The van der Waals surface area contributed by atoms with Gasteiger partial charge in [0.25, 0.3) is 0 Å². The average Bonchev–Trinajstić information content (AvgIpc) is 2.62. The van der Waals surface area contributed by atoms with Gasteiger partial charge in [0, 0.05) is 18.0 Å². The molecule has 1 aromatic heterocycles. The summed E-state index contributed by atoms with van der Waals surface area (Å²) in [7, 11) is 1.54. The number of hydrogen-bond donors (Lipinski definition) is 0. The maximum absolute atomic E-state index is 8.83. The smallest absolute Gasteiger partial charge is 0.316 e. The van der Waals surface area contributed by atoms with Crippen LogP contribution in [0.5, 0.6) is 6.01 Å². The van der Waals surface area contributed by atoms with E-state index >= 15 is 0 Å². The Kier molecular flexibility index (Phi) is 3.80. The Morgan fingerprint density at radius 2 is 1.23 bits per heavy atom. The highest BCUT2D eigenvalue weighted by molar-refractivity contribution is 5.70. The molecule has 3 rings (SSSR count). The summed E-state index contributed by atoms with van der Waals surface area (Å²) in [6.07, 6.45) is 3.48. The van der Waals surface area contributed by atoms with E-state index in [1.165, 1.54) is 0 Å². The van der Waals surface area contributed by atoms with Gasteiger partial charge in [0.1, 0.15) is 0 Å². The van der Waals surface area contributed by atoms with Crippen LogP contribution in [0, 0.1) is 11.3 Å². The summed E-state index contributed by atoms with van der Waals surface area (Å²) >= 11 is 0. The van der Waals surface area contributed by atoms with Gasteiger partial charge in [-0.1, -0.05) is 36.4 Å². The second-order valence-corrected chi connectivity index (χ2v) is 4.72. The third-order valence-corrected chi connectivity index (χ3v) is 3.38. The number of aromatic nitrogens is 2. The lowest BCUT2D eigenvalue weighted by Crippen LogP contribution is -1.91. The summed E-state index contributed by atoms with van der Waals surface area (Å²) in [4.78, 5) is 8.22. The van der Waals surface area contributed by atoms with Gasteiger partial charge in [-0.2, -0.15) is 5.26 Å². The molecular weight excluding hydrogens is 274 g/mol. The van der Waals surface area contributed by atoms with Crippen molar-refractivity contribution in [3.63, 3.8) is 0 Å². The van der Waals surface area contributed by atoms with Crippen LogP contribution in [0.2, 0.25) is 0 Å². The van der Waals surface area contributed by atoms with Gasteiger partial charge in [0.05, 0.1) is 18.7 Å². The molecule has 4 nitrogen and oxygen atoms in total. The molecule has 0 N–H and O–H groups in total. The molecule has 0 saturated carbocycles. The summed E-state index contributed by atoms with van der Waals surface area (Å²) in [5.41, 5.74) is 4.82. The van der Waals surface area contributed by atoms with E-state index in [1.54, 1.807) is 19.5 Å². The molecule has 0 spiro atoms. The minimum atomic E-state index is 0.359. The van der Waals surface area contributed by atoms with E-state index in [-0.39, 0.29) is 0 Å². The first-order valence-corrected chi connectivity index (χ1v) is 6.77. The van der Waals surface area contributed by atoms with Crippen molar-refractivity contribution in [3.8, 4) is 34.3 Å². The molecular formula is C18H13N3O. The number of methoxy groups -OCH3 is 1. The molecule has 0 aliphatic carbocycles. The van der Waals surface area contributed by atoms with Crippen LogP contribution >= 0.6 is 0 Å². The summed E-state index contributed by atoms with van der Waals surface area (Å²) in [6, 6.07) is 18.2. The molecule has 3 aromatic rings. The Bertz CT molecular complexity index is 801. The van der Waals surface area contributed by atoms with Crippen molar-refractivity contribution < 1.29 is 4.74 Å². The monoisotopic (exact) mass is 287 g/mol. The number of rotatable bonds is 3. The Balaban J connectivity index is 1.86. The fraction of sp³-hybridized carbons (Fsp3) is 0.0556. The van der Waals surface area contributed by atoms with Gasteiger partial charge in [0.2, 0.25) is 0 Å². The Morgan fingerprint density at radius 1 is 0.773 bits per heavy atom. The van der Waals surface area contributed by atoms with Gasteiger partial charge in [-0.05, 0) is 28.8 Å². The first-order valence-electron chi connectivity index (χ1n) is 6.77. The minimum Gasteiger partial charge on any atom is -0.467 e. The van der Waals surface area contributed by atoms with Crippen LogP contribution in [0.25, 0.3) is 22.3 Å². The van der Waals surface area contributed by atoms with Crippen LogP contribution in [0.15, 0.2) is 60.9 Å². The second kappa shape index (κ2) is 6.06. The van der Waals surface area contributed by atoms with Crippen molar-refractivity contribution in [2.24, 2.45) is 0 Å². The van der Waals surface area contributed by atoms with E-state index in [2.05, 4.69) is 16.0 Å². The lowest BCUT2D eigenvalue weighted by molar-refractivity contribution is 0.380. The Labute approximate surface area is 128 Å². The molecule has 22 heavy (non-hydrogen) atoms. The summed E-state index contributed by atoms with van der Waals surface area (Å²) in [6.45, 7) is 0. The zero-order chi connectivity index (χ0) is 15.4. The maximum Gasteiger partial charge on any atom is 0.316 e. The topological polar surface area (TPSA) is 58.8 Å². The van der Waals surface area contributed by atoms with Gasteiger partial charge in [-0.3, -0.25) is 0 Å². The van der Waals surface area contributed by atoms with Crippen molar-refractivity contribution in [1.82, 2.24) is 9.97 Å². The quantitative estimate of drug-likeness (QED) is 0.737. The largest absolute Gasteiger partial charge is 0.467 e. The fourth-order valence-electron chi connectivity index (χ4n) is 2.16. The van der Waals surface area contributed by atoms with E-state index in [0.29, 0.717) is 11.6 Å². The van der Waals surface area contributed by atoms with Gasteiger partial charge < -0.3 is 4.74 Å². The third kappa shape index (κ3) is 2.79. The van der Waals surface area contributed by atoms with Gasteiger partial charge in [-0.25, -0.2) is 9.97 Å². The highest BCUT2D eigenvalue weighted by Crippen LogP contribution is 2.24. The van der Waals surface area contributed by atoms with Gasteiger partial charge >= 0.3 is 6.01 Å². The molecule has 0 amide bonds. The predicted octanol–water partition coefficient (Wildman–Crippen LogP) is 3.69. The number of benzene rings is 2. The molecule has 0 aliphatic rings. The van der Waals surface area contributed by atoms with Crippen molar-refractivity contribution in [2.45, 2.75) is 0 Å². The van der Waals surface area contributed by atoms with Crippen LogP contribution in [0.3, 0.4) is 0 Å². The first kappa shape index (κ1) is 13.8. The molecule has 0 unspecified atom stereocenters. The highest BCUT2D eigenvalue weighted by Gasteiger charge is 2.02. The fourth-order valence-corrected chi connectivity index (χ4v) is 2.16. The molecule has 2 aromatic carbocycles. The summed E-state index contributed by atoms with van der Waals surface area (Å²) in [5.74, 6) is 0. The van der Waals surface area contributed by atoms with Crippen molar-refractivity contribution in [2.75, 3.05) is 7.11 Å². The van der Waals surface area contributed by atoms with E-state index in [0.717, 1.165) is 22.3 Å². The lowest BCUT2D eigenvalue weighted by atomic mass is 10.0. The second-order valence-electron chi connectivity index (χ2n) is 4.72. The zero-order valence-corrected chi connectivity index (χ0v) is 12.0. The Morgan fingerprint density at radius 3 is 1.68 bits per heavy atom. The summed E-state index contributed by atoms with van der Waals surface area (Å²) < 4.78 is 4.96. The van der Waals surface area contributed by atoms with Crippen LogP contribution in [0.4, 0.5) is 0 Å². The number of nitrogens with zero attached hydrogens (tertiary/aromatic N) is 3. The van der Waals surface area contributed by atoms with E-state index in [1.807, 2.05) is 48.5 Å². The number of nitriles is 1. The van der Waals surface area contributed by atoms with E-state index < -0.39 is 0 Å². The summed E-state index contributed by atoms with van der Waals surface area (Å²) in [5, 5.41) is 8.83. The normalized spacial score (nSPS) is 10.0. The molecule has 0 atom stereocenters. The van der Waals surface area contributed by atoms with Crippen molar-refractivity contribution in [3.05, 3.63) is 66.5 Å². The first-order chi connectivity index (χ1) is 10.8. The number of hydrogen-bond acceptors (Lipinski definition) is 4. The van der Waals surface area contributed by atoms with Gasteiger partial charge in [-0.15, -0.1) is 0 Å². The number of ether oxygens (including phenoxy) is 1. The predicted molar refractivity (Wildman–Crippen MR) is 84.2 cm³/mol. The molecule has 0 bridgehead atoms.